The van der Waals surface area contributed by atoms with E-state index in [9.17, 15) is 9.59 Å². The molecule has 0 bridgehead atoms. The van der Waals surface area contributed by atoms with Crippen molar-refractivity contribution in [1.82, 2.24) is 24.8 Å². The van der Waals surface area contributed by atoms with Gasteiger partial charge in [-0.15, -0.1) is 0 Å². The Morgan fingerprint density at radius 1 is 1.15 bits per heavy atom. The summed E-state index contributed by atoms with van der Waals surface area (Å²) in [5, 5.41) is 0.844. The Bertz CT molecular complexity index is 1040. The highest BCUT2D eigenvalue weighted by Crippen LogP contribution is 2.27. The number of nitrogens with one attached hydrogen (secondary N) is 1. The van der Waals surface area contributed by atoms with Crippen molar-refractivity contribution in [3.8, 4) is 5.88 Å². The number of aromatic nitrogens is 4. The number of H-pyrrole nitrogens is 1. The Hall–Kier alpha value is -3.49. The Kier molecular flexibility index (Phi) is 4.41. The summed E-state index contributed by atoms with van der Waals surface area (Å²) in [6.07, 6.45) is 4.30. The van der Waals surface area contributed by atoms with Gasteiger partial charge in [-0.1, -0.05) is 0 Å². The molecule has 1 fully saturated rings. The lowest BCUT2D eigenvalue weighted by atomic mass is 10.2. The van der Waals surface area contributed by atoms with Crippen LogP contribution >= 0.6 is 0 Å². The summed E-state index contributed by atoms with van der Waals surface area (Å²) < 4.78 is 5.32. The fraction of sp³-hybridized carbons (Fsp3) is 0.278. The predicted octanol–water partition coefficient (Wildman–Crippen LogP) is 0.684. The first-order chi connectivity index (χ1) is 13.2. The van der Waals surface area contributed by atoms with E-state index in [1.807, 2.05) is 18.2 Å². The minimum atomic E-state index is -0.466. The van der Waals surface area contributed by atoms with Crippen LogP contribution in [0.3, 0.4) is 0 Å². The number of methoxy groups -OCH3 is 1. The number of piperazine rings is 1. The third-order valence-corrected chi connectivity index (χ3v) is 4.62. The van der Waals surface area contributed by atoms with Gasteiger partial charge in [0.05, 0.1) is 18.0 Å². The largest absolute Gasteiger partial charge is 0.480 e. The van der Waals surface area contributed by atoms with Gasteiger partial charge < -0.3 is 19.5 Å². The number of ether oxygens (including phenoxy) is 1. The number of carbonyl (C=O) groups is 1. The van der Waals surface area contributed by atoms with Gasteiger partial charge in [0.1, 0.15) is 6.33 Å². The van der Waals surface area contributed by atoms with E-state index in [2.05, 4.69) is 24.8 Å². The number of benzene rings is 1. The molecule has 138 valence electrons. The van der Waals surface area contributed by atoms with Gasteiger partial charge >= 0.3 is 0 Å². The minimum absolute atomic E-state index is 0.0708. The quantitative estimate of drug-likeness (QED) is 0.727. The highest BCUT2D eigenvalue weighted by molar-refractivity contribution is 5.92. The van der Waals surface area contributed by atoms with Gasteiger partial charge in [-0.05, 0) is 18.2 Å². The smallest absolute Gasteiger partial charge is 0.279 e. The lowest BCUT2D eigenvalue weighted by Crippen LogP contribution is -2.49. The number of carbonyl (C=O) groups excluding carboxylic acids is 1. The molecule has 0 saturated carbocycles. The van der Waals surface area contributed by atoms with Crippen LogP contribution in [0.5, 0.6) is 5.88 Å². The summed E-state index contributed by atoms with van der Waals surface area (Å²) in [4.78, 5) is 42.9. The SMILES string of the molecule is COc1ncnc2ccc(N3CCN(C(=O)c4ncc[nH]c4=O)CC3)cc12. The first-order valence-electron chi connectivity index (χ1n) is 8.54. The van der Waals surface area contributed by atoms with Crippen molar-refractivity contribution in [1.29, 1.82) is 0 Å². The fourth-order valence-corrected chi connectivity index (χ4v) is 3.20. The van der Waals surface area contributed by atoms with E-state index in [0.717, 1.165) is 16.6 Å². The van der Waals surface area contributed by atoms with Crippen LogP contribution in [0.15, 0.2) is 41.7 Å². The van der Waals surface area contributed by atoms with Crippen molar-refractivity contribution >= 4 is 22.5 Å². The Labute approximate surface area is 154 Å². The van der Waals surface area contributed by atoms with E-state index in [1.54, 1.807) is 12.0 Å². The van der Waals surface area contributed by atoms with Crippen LogP contribution in [0.25, 0.3) is 10.9 Å². The zero-order valence-corrected chi connectivity index (χ0v) is 14.8. The van der Waals surface area contributed by atoms with Crippen molar-refractivity contribution in [2.24, 2.45) is 0 Å². The molecule has 1 aromatic carbocycles. The van der Waals surface area contributed by atoms with Gasteiger partial charge in [-0.2, -0.15) is 0 Å². The average molecular weight is 366 g/mol. The first-order valence-corrected chi connectivity index (χ1v) is 8.54. The topological polar surface area (TPSA) is 104 Å². The highest BCUT2D eigenvalue weighted by atomic mass is 16.5. The second-order valence-corrected chi connectivity index (χ2v) is 6.13. The van der Waals surface area contributed by atoms with E-state index < -0.39 is 5.56 Å². The maximum Gasteiger partial charge on any atom is 0.279 e. The van der Waals surface area contributed by atoms with Crippen LogP contribution in [-0.2, 0) is 0 Å². The van der Waals surface area contributed by atoms with E-state index in [4.69, 9.17) is 4.74 Å². The van der Waals surface area contributed by atoms with Crippen molar-refractivity contribution in [2.75, 3.05) is 38.2 Å². The lowest BCUT2D eigenvalue weighted by molar-refractivity contribution is 0.0739. The number of anilines is 1. The molecule has 1 aliphatic heterocycles. The molecule has 3 heterocycles. The molecule has 0 spiro atoms. The normalized spacial score (nSPS) is 14.4. The summed E-state index contributed by atoms with van der Waals surface area (Å²) in [6, 6.07) is 5.92. The van der Waals surface area contributed by atoms with Crippen LogP contribution in [0.2, 0.25) is 0 Å². The van der Waals surface area contributed by atoms with Gasteiger partial charge in [0.25, 0.3) is 11.5 Å². The monoisotopic (exact) mass is 366 g/mol. The molecule has 1 N–H and O–H groups in total. The van der Waals surface area contributed by atoms with Gasteiger partial charge in [-0.3, -0.25) is 9.59 Å². The lowest BCUT2D eigenvalue weighted by Gasteiger charge is -2.36. The number of hydrogen-bond donors (Lipinski definition) is 1. The summed E-state index contributed by atoms with van der Waals surface area (Å²) in [6.45, 7) is 2.32. The number of nitrogens with zero attached hydrogens (tertiary/aromatic N) is 5. The van der Waals surface area contributed by atoms with Crippen molar-refractivity contribution in [2.45, 2.75) is 0 Å². The standard InChI is InChI=1S/C18H18N6O3/c1-27-17-13-10-12(2-3-14(13)21-11-22-17)23-6-8-24(9-7-23)18(26)15-16(25)20-5-4-19-15/h2-5,10-11H,6-9H2,1H3,(H,20,25). The molecule has 1 aliphatic rings. The Morgan fingerprint density at radius 2 is 1.96 bits per heavy atom. The van der Waals surface area contributed by atoms with E-state index in [-0.39, 0.29) is 11.6 Å². The van der Waals surface area contributed by atoms with Crippen molar-refractivity contribution in [3.05, 3.63) is 53.0 Å². The van der Waals surface area contributed by atoms with E-state index >= 15 is 0 Å². The van der Waals surface area contributed by atoms with Crippen LogP contribution < -0.4 is 15.2 Å². The van der Waals surface area contributed by atoms with Crippen LogP contribution in [0, 0.1) is 0 Å². The molecular formula is C18H18N6O3. The maximum atomic E-state index is 12.5. The van der Waals surface area contributed by atoms with Gasteiger partial charge in [0, 0.05) is 44.3 Å². The molecule has 2 aromatic heterocycles. The van der Waals surface area contributed by atoms with E-state index in [1.165, 1.54) is 18.7 Å². The summed E-state index contributed by atoms with van der Waals surface area (Å²) in [5.41, 5.74) is 1.29. The number of hydrogen-bond acceptors (Lipinski definition) is 7. The summed E-state index contributed by atoms with van der Waals surface area (Å²) in [5.74, 6) is 0.190. The Morgan fingerprint density at radius 3 is 2.70 bits per heavy atom. The minimum Gasteiger partial charge on any atom is -0.480 e. The molecule has 27 heavy (non-hydrogen) atoms. The maximum absolute atomic E-state index is 12.5. The molecule has 1 saturated heterocycles. The molecule has 0 unspecified atom stereocenters. The molecule has 0 atom stereocenters. The van der Waals surface area contributed by atoms with E-state index in [0.29, 0.717) is 32.1 Å². The molecular weight excluding hydrogens is 348 g/mol. The number of fused-ring (bicyclic) bond motifs is 1. The van der Waals surface area contributed by atoms with Crippen LogP contribution in [0.4, 0.5) is 5.69 Å². The molecule has 9 heteroatoms. The van der Waals surface area contributed by atoms with Gasteiger partial charge in [0.15, 0.2) is 5.69 Å². The summed E-state index contributed by atoms with van der Waals surface area (Å²) in [7, 11) is 1.58. The van der Waals surface area contributed by atoms with Gasteiger partial charge in [-0.25, -0.2) is 15.0 Å². The van der Waals surface area contributed by atoms with Crippen molar-refractivity contribution < 1.29 is 9.53 Å². The van der Waals surface area contributed by atoms with Crippen molar-refractivity contribution in [3.63, 3.8) is 0 Å². The highest BCUT2D eigenvalue weighted by Gasteiger charge is 2.25. The first kappa shape index (κ1) is 17.0. The molecule has 1 amide bonds. The number of rotatable bonds is 3. The zero-order chi connectivity index (χ0) is 18.8. The predicted molar refractivity (Wildman–Crippen MR) is 99.1 cm³/mol. The third kappa shape index (κ3) is 3.19. The third-order valence-electron chi connectivity index (χ3n) is 4.62. The summed E-state index contributed by atoms with van der Waals surface area (Å²) >= 11 is 0. The van der Waals surface area contributed by atoms with Crippen LogP contribution in [-0.4, -0.2) is 64.0 Å². The van der Waals surface area contributed by atoms with Crippen LogP contribution in [0.1, 0.15) is 10.5 Å². The zero-order valence-electron chi connectivity index (χ0n) is 14.8. The molecule has 0 radical (unpaired) electrons. The number of amides is 1. The second-order valence-electron chi connectivity index (χ2n) is 6.13. The Balaban J connectivity index is 1.51. The molecule has 0 aliphatic carbocycles. The van der Waals surface area contributed by atoms with Gasteiger partial charge in [0.2, 0.25) is 5.88 Å². The second kappa shape index (κ2) is 7.02. The number of aromatic amines is 1. The molecule has 9 nitrogen and oxygen atoms in total. The fourth-order valence-electron chi connectivity index (χ4n) is 3.20. The average Bonchev–Trinajstić information content (AvgIpc) is 2.73. The molecule has 3 aromatic rings. The molecule has 4 rings (SSSR count).